The number of ether oxygens (including phenoxy) is 1. The summed E-state index contributed by atoms with van der Waals surface area (Å²) in [6.07, 6.45) is 1.93. The van der Waals surface area contributed by atoms with Crippen molar-refractivity contribution in [2.75, 3.05) is 0 Å². The summed E-state index contributed by atoms with van der Waals surface area (Å²) < 4.78 is 34.1. The Morgan fingerprint density at radius 3 is 2.63 bits per heavy atom. The molecule has 1 heterocycles. The third-order valence-electron chi connectivity index (χ3n) is 4.05. The molecule has 0 saturated heterocycles. The highest BCUT2D eigenvalue weighted by molar-refractivity contribution is 5.53. The first kappa shape index (κ1) is 12.4. The molecule has 0 saturated carbocycles. The molecule has 0 fully saturated rings. The molecule has 19 heavy (non-hydrogen) atoms. The van der Waals surface area contributed by atoms with E-state index in [0.717, 1.165) is 11.1 Å². The zero-order valence-electron chi connectivity index (χ0n) is 11.3. The van der Waals surface area contributed by atoms with E-state index in [1.165, 1.54) is 0 Å². The summed E-state index contributed by atoms with van der Waals surface area (Å²) in [5.41, 5.74) is 2.89. The number of benzene rings is 1. The quantitative estimate of drug-likeness (QED) is 0.720. The van der Waals surface area contributed by atoms with E-state index in [1.807, 2.05) is 26.0 Å². The summed E-state index contributed by atoms with van der Waals surface area (Å²) in [7, 11) is 0. The molecule has 100 valence electrons. The molecule has 0 radical (unpaired) electrons. The van der Waals surface area contributed by atoms with Crippen LogP contribution in [-0.4, -0.2) is 6.10 Å². The maximum Gasteiger partial charge on any atom is 0.168 e. The summed E-state index contributed by atoms with van der Waals surface area (Å²) in [5, 5.41) is 0. The smallest absolute Gasteiger partial charge is 0.168 e. The van der Waals surface area contributed by atoms with Gasteiger partial charge in [0.2, 0.25) is 0 Å². The average Bonchev–Trinajstić information content (AvgIpc) is 2.74. The highest BCUT2D eigenvalue weighted by Gasteiger charge is 2.41. The molecule has 0 amide bonds. The molecule has 3 rings (SSSR count). The van der Waals surface area contributed by atoms with Gasteiger partial charge in [0.05, 0.1) is 0 Å². The Hall–Kier alpha value is -1.64. The fourth-order valence-electron chi connectivity index (χ4n) is 2.98. The molecule has 0 aromatic heterocycles. The molecule has 3 heteroatoms. The first-order valence-corrected chi connectivity index (χ1v) is 6.57. The van der Waals surface area contributed by atoms with Crippen molar-refractivity contribution in [3.8, 4) is 5.75 Å². The van der Waals surface area contributed by atoms with Crippen LogP contribution >= 0.6 is 0 Å². The van der Waals surface area contributed by atoms with Crippen molar-refractivity contribution in [3.05, 3.63) is 52.1 Å². The molecule has 1 aliphatic heterocycles. The monoisotopic (exact) mass is 262 g/mol. The number of fused-ring (bicyclic) bond motifs is 3. The van der Waals surface area contributed by atoms with Gasteiger partial charge in [-0.1, -0.05) is 25.1 Å². The van der Waals surface area contributed by atoms with Crippen molar-refractivity contribution in [3.63, 3.8) is 0 Å². The van der Waals surface area contributed by atoms with Gasteiger partial charge in [-0.2, -0.15) is 0 Å². The second-order valence-corrected chi connectivity index (χ2v) is 5.21. The minimum Gasteiger partial charge on any atom is -0.479 e. The Morgan fingerprint density at radius 2 is 1.95 bits per heavy atom. The van der Waals surface area contributed by atoms with Gasteiger partial charge in [0.25, 0.3) is 0 Å². The Morgan fingerprint density at radius 1 is 1.21 bits per heavy atom. The molecule has 0 N–H and O–H groups in total. The van der Waals surface area contributed by atoms with Crippen LogP contribution in [-0.2, 0) is 0 Å². The van der Waals surface area contributed by atoms with Crippen LogP contribution in [0.1, 0.15) is 37.3 Å². The van der Waals surface area contributed by atoms with Crippen molar-refractivity contribution in [2.24, 2.45) is 0 Å². The first-order valence-electron chi connectivity index (χ1n) is 6.57. The molecule has 0 spiro atoms. The van der Waals surface area contributed by atoms with Crippen LogP contribution in [0.2, 0.25) is 0 Å². The maximum absolute atomic E-state index is 14.4. The lowest BCUT2D eigenvalue weighted by Gasteiger charge is -2.23. The summed E-state index contributed by atoms with van der Waals surface area (Å²) in [5.74, 6) is -0.614. The number of aryl methyl sites for hydroxylation is 1. The summed E-state index contributed by atoms with van der Waals surface area (Å²) >= 11 is 0. The molecule has 1 aromatic rings. The van der Waals surface area contributed by atoms with Gasteiger partial charge in [0, 0.05) is 11.5 Å². The molecule has 2 unspecified atom stereocenters. The fourth-order valence-corrected chi connectivity index (χ4v) is 2.98. The number of rotatable bonds is 1. The van der Waals surface area contributed by atoms with Gasteiger partial charge in [-0.25, -0.2) is 8.78 Å². The Labute approximate surface area is 111 Å². The third-order valence-corrected chi connectivity index (χ3v) is 4.05. The van der Waals surface area contributed by atoms with Crippen molar-refractivity contribution < 1.29 is 13.5 Å². The van der Waals surface area contributed by atoms with Gasteiger partial charge < -0.3 is 4.74 Å². The van der Waals surface area contributed by atoms with Crippen molar-refractivity contribution in [1.82, 2.24) is 0 Å². The highest BCUT2D eigenvalue weighted by atomic mass is 19.1. The summed E-state index contributed by atoms with van der Waals surface area (Å²) in [6.45, 7) is 5.50. The highest BCUT2D eigenvalue weighted by Crippen LogP contribution is 2.48. The standard InChI is InChI=1S/C16H16F2O/c1-4-10-9(3)7-12-11-6-5-8(2)13(17)15(11)19-16(12)14(10)18/h5-7,12,16H,4H2,1-3H3. The van der Waals surface area contributed by atoms with Crippen molar-refractivity contribution in [2.45, 2.75) is 39.2 Å². The predicted octanol–water partition coefficient (Wildman–Crippen LogP) is 4.57. The van der Waals surface area contributed by atoms with E-state index in [-0.39, 0.29) is 23.3 Å². The zero-order valence-corrected chi connectivity index (χ0v) is 11.3. The predicted molar refractivity (Wildman–Crippen MR) is 70.5 cm³/mol. The third kappa shape index (κ3) is 1.64. The van der Waals surface area contributed by atoms with Crippen LogP contribution < -0.4 is 4.74 Å². The average molecular weight is 262 g/mol. The number of halogens is 2. The van der Waals surface area contributed by atoms with Gasteiger partial charge in [-0.15, -0.1) is 0 Å². The van der Waals surface area contributed by atoms with Crippen LogP contribution in [0.4, 0.5) is 8.78 Å². The molecule has 0 bridgehead atoms. The van der Waals surface area contributed by atoms with E-state index in [1.54, 1.807) is 13.0 Å². The SMILES string of the molecule is CCC1=C(F)C2Oc3c(ccc(C)c3F)C2C=C1C. The van der Waals surface area contributed by atoms with Crippen LogP contribution in [0.3, 0.4) is 0 Å². The lowest BCUT2D eigenvalue weighted by atomic mass is 9.84. The van der Waals surface area contributed by atoms with Gasteiger partial charge in [0.1, 0.15) is 5.83 Å². The molecule has 1 aliphatic carbocycles. The maximum atomic E-state index is 14.4. The Balaban J connectivity index is 2.14. The van der Waals surface area contributed by atoms with Crippen LogP contribution in [0.5, 0.6) is 5.75 Å². The normalized spacial score (nSPS) is 24.8. The van der Waals surface area contributed by atoms with E-state index in [2.05, 4.69) is 0 Å². The van der Waals surface area contributed by atoms with E-state index in [4.69, 9.17) is 4.74 Å². The van der Waals surface area contributed by atoms with Crippen LogP contribution in [0, 0.1) is 12.7 Å². The lowest BCUT2D eigenvalue weighted by Crippen LogP contribution is -2.23. The van der Waals surface area contributed by atoms with Gasteiger partial charge >= 0.3 is 0 Å². The van der Waals surface area contributed by atoms with E-state index in [0.29, 0.717) is 17.6 Å². The van der Waals surface area contributed by atoms with Crippen molar-refractivity contribution >= 4 is 0 Å². The molecular formula is C16H16F2O. The van der Waals surface area contributed by atoms with Gasteiger partial charge in [0.15, 0.2) is 17.7 Å². The van der Waals surface area contributed by atoms with E-state index in [9.17, 15) is 8.78 Å². The summed E-state index contributed by atoms with van der Waals surface area (Å²) in [6, 6.07) is 3.56. The van der Waals surface area contributed by atoms with Crippen LogP contribution in [0.25, 0.3) is 0 Å². The second kappa shape index (κ2) is 4.19. The fraction of sp³-hybridized carbons (Fsp3) is 0.375. The van der Waals surface area contributed by atoms with Crippen molar-refractivity contribution in [1.29, 1.82) is 0 Å². The largest absolute Gasteiger partial charge is 0.479 e. The molecule has 1 nitrogen and oxygen atoms in total. The second-order valence-electron chi connectivity index (χ2n) is 5.21. The molecule has 2 atom stereocenters. The van der Waals surface area contributed by atoms with Gasteiger partial charge in [-0.3, -0.25) is 0 Å². The lowest BCUT2D eigenvalue weighted by molar-refractivity contribution is 0.212. The summed E-state index contributed by atoms with van der Waals surface area (Å²) in [4.78, 5) is 0. The topological polar surface area (TPSA) is 9.23 Å². The van der Waals surface area contributed by atoms with Crippen LogP contribution in [0.15, 0.2) is 35.2 Å². The van der Waals surface area contributed by atoms with E-state index >= 15 is 0 Å². The Kier molecular flexibility index (Phi) is 2.73. The van der Waals surface area contributed by atoms with E-state index < -0.39 is 6.10 Å². The number of hydrogen-bond donors (Lipinski definition) is 0. The molecule has 1 aromatic carbocycles. The number of hydrogen-bond acceptors (Lipinski definition) is 1. The Bertz CT molecular complexity index is 613. The number of allylic oxidation sites excluding steroid dienone is 2. The first-order chi connectivity index (χ1) is 9.04. The van der Waals surface area contributed by atoms with Gasteiger partial charge in [-0.05, 0) is 37.0 Å². The molecular weight excluding hydrogens is 246 g/mol. The minimum absolute atomic E-state index is 0.208. The zero-order chi connectivity index (χ0) is 13.7. The minimum atomic E-state index is -0.690. The molecule has 2 aliphatic rings.